The molecule has 0 aliphatic carbocycles. The normalized spacial score (nSPS) is 10.5. The third-order valence-corrected chi connectivity index (χ3v) is 2.94. The number of thiocarbonyl (C=S) groups is 1. The van der Waals surface area contributed by atoms with Crippen LogP contribution in [0.3, 0.4) is 0 Å². The van der Waals surface area contributed by atoms with Crippen LogP contribution in [0, 0.1) is 0 Å². The summed E-state index contributed by atoms with van der Waals surface area (Å²) >= 11 is 4.83. The van der Waals surface area contributed by atoms with Crippen molar-refractivity contribution in [2.24, 2.45) is 5.73 Å². The lowest BCUT2D eigenvalue weighted by molar-refractivity contribution is 0.631. The Morgan fingerprint density at radius 2 is 1.84 bits per heavy atom. The first-order chi connectivity index (χ1) is 9.22. The highest BCUT2D eigenvalue weighted by molar-refractivity contribution is 7.80. The SMILES string of the molecule is NC(=S)Nc1ccc2oc(-c3ccccc3)cc2c1. The maximum absolute atomic E-state index is 5.82. The molecule has 0 spiro atoms. The number of furan rings is 1. The highest BCUT2D eigenvalue weighted by Gasteiger charge is 2.06. The van der Waals surface area contributed by atoms with Crippen molar-refractivity contribution in [3.05, 3.63) is 54.6 Å². The van der Waals surface area contributed by atoms with E-state index in [2.05, 4.69) is 5.32 Å². The van der Waals surface area contributed by atoms with Crippen LogP contribution in [0.25, 0.3) is 22.3 Å². The minimum absolute atomic E-state index is 0.256. The zero-order chi connectivity index (χ0) is 13.2. The van der Waals surface area contributed by atoms with Crippen LogP contribution in [-0.4, -0.2) is 5.11 Å². The fraction of sp³-hybridized carbons (Fsp3) is 0. The standard InChI is InChI=1S/C15H12N2OS/c16-15(19)17-12-6-7-13-11(8-12)9-14(18-13)10-4-2-1-3-5-10/h1-9H,(H3,16,17,19). The van der Waals surface area contributed by atoms with Gasteiger partial charge in [0, 0.05) is 16.6 Å². The van der Waals surface area contributed by atoms with Crippen molar-refractivity contribution in [3.63, 3.8) is 0 Å². The van der Waals surface area contributed by atoms with Gasteiger partial charge < -0.3 is 15.5 Å². The van der Waals surface area contributed by atoms with E-state index in [0.29, 0.717) is 0 Å². The molecule has 0 amide bonds. The number of hydrogen-bond acceptors (Lipinski definition) is 2. The maximum Gasteiger partial charge on any atom is 0.168 e. The predicted molar refractivity (Wildman–Crippen MR) is 82.1 cm³/mol. The van der Waals surface area contributed by atoms with Crippen LogP contribution in [0.5, 0.6) is 0 Å². The number of rotatable bonds is 2. The summed E-state index contributed by atoms with van der Waals surface area (Å²) in [7, 11) is 0. The third kappa shape index (κ3) is 2.44. The van der Waals surface area contributed by atoms with Gasteiger partial charge in [-0.05, 0) is 36.5 Å². The van der Waals surface area contributed by atoms with Crippen LogP contribution < -0.4 is 11.1 Å². The van der Waals surface area contributed by atoms with Gasteiger partial charge in [0.05, 0.1) is 0 Å². The summed E-state index contributed by atoms with van der Waals surface area (Å²) in [5.74, 6) is 0.850. The smallest absolute Gasteiger partial charge is 0.168 e. The first-order valence-corrected chi connectivity index (χ1v) is 6.29. The van der Waals surface area contributed by atoms with E-state index >= 15 is 0 Å². The molecular formula is C15H12N2OS. The highest BCUT2D eigenvalue weighted by atomic mass is 32.1. The molecule has 0 atom stereocenters. The van der Waals surface area contributed by atoms with Gasteiger partial charge >= 0.3 is 0 Å². The Balaban J connectivity index is 2.04. The molecule has 0 aliphatic heterocycles. The van der Waals surface area contributed by atoms with Crippen LogP contribution >= 0.6 is 12.2 Å². The van der Waals surface area contributed by atoms with Crippen molar-refractivity contribution >= 4 is 34.0 Å². The van der Waals surface area contributed by atoms with E-state index < -0.39 is 0 Å². The van der Waals surface area contributed by atoms with Gasteiger partial charge in [-0.25, -0.2) is 0 Å². The first kappa shape index (κ1) is 11.7. The second-order valence-corrected chi connectivity index (χ2v) is 4.66. The molecule has 0 aliphatic rings. The van der Waals surface area contributed by atoms with Crippen molar-refractivity contribution < 1.29 is 4.42 Å². The Morgan fingerprint density at radius 3 is 2.58 bits per heavy atom. The van der Waals surface area contributed by atoms with E-state index in [1.54, 1.807) is 0 Å². The summed E-state index contributed by atoms with van der Waals surface area (Å²) in [5.41, 5.74) is 8.22. The molecule has 2 aromatic carbocycles. The highest BCUT2D eigenvalue weighted by Crippen LogP contribution is 2.29. The molecule has 3 nitrogen and oxygen atoms in total. The molecule has 19 heavy (non-hydrogen) atoms. The van der Waals surface area contributed by atoms with Crippen molar-refractivity contribution in [2.45, 2.75) is 0 Å². The van der Waals surface area contributed by atoms with Crippen molar-refractivity contribution in [1.29, 1.82) is 0 Å². The summed E-state index contributed by atoms with van der Waals surface area (Å²) in [6, 6.07) is 17.8. The molecule has 0 bridgehead atoms. The van der Waals surface area contributed by atoms with E-state index in [1.165, 1.54) is 0 Å². The quantitative estimate of drug-likeness (QED) is 0.695. The number of nitrogens with one attached hydrogen (secondary N) is 1. The van der Waals surface area contributed by atoms with Crippen LogP contribution in [0.1, 0.15) is 0 Å². The lowest BCUT2D eigenvalue weighted by atomic mass is 10.1. The van der Waals surface area contributed by atoms with Crippen molar-refractivity contribution in [3.8, 4) is 11.3 Å². The number of nitrogens with two attached hydrogens (primary N) is 1. The van der Waals surface area contributed by atoms with Crippen LogP contribution in [0.4, 0.5) is 5.69 Å². The lowest BCUT2D eigenvalue weighted by Gasteiger charge is -2.02. The van der Waals surface area contributed by atoms with Gasteiger partial charge in [-0.3, -0.25) is 0 Å². The van der Waals surface area contributed by atoms with Gasteiger partial charge in [0.1, 0.15) is 11.3 Å². The summed E-state index contributed by atoms with van der Waals surface area (Å²) in [6.45, 7) is 0. The zero-order valence-electron chi connectivity index (χ0n) is 10.1. The van der Waals surface area contributed by atoms with Gasteiger partial charge in [0.25, 0.3) is 0 Å². The average Bonchev–Trinajstić information content (AvgIpc) is 2.82. The first-order valence-electron chi connectivity index (χ1n) is 5.88. The van der Waals surface area contributed by atoms with E-state index in [-0.39, 0.29) is 5.11 Å². The molecule has 94 valence electrons. The Morgan fingerprint density at radius 1 is 1.05 bits per heavy atom. The molecule has 3 rings (SSSR count). The molecular weight excluding hydrogens is 256 g/mol. The molecule has 3 aromatic rings. The van der Waals surface area contributed by atoms with Crippen molar-refractivity contribution in [1.82, 2.24) is 0 Å². The summed E-state index contributed by atoms with van der Waals surface area (Å²) in [4.78, 5) is 0. The average molecular weight is 268 g/mol. The van der Waals surface area contributed by atoms with E-state index in [1.807, 2.05) is 54.6 Å². The van der Waals surface area contributed by atoms with E-state index in [4.69, 9.17) is 22.4 Å². The van der Waals surface area contributed by atoms with Crippen LogP contribution in [0.2, 0.25) is 0 Å². The summed E-state index contributed by atoms with van der Waals surface area (Å²) in [5, 5.41) is 4.18. The fourth-order valence-electron chi connectivity index (χ4n) is 2.01. The van der Waals surface area contributed by atoms with Gasteiger partial charge in [-0.2, -0.15) is 0 Å². The van der Waals surface area contributed by atoms with Crippen molar-refractivity contribution in [2.75, 3.05) is 5.32 Å². The molecule has 0 saturated carbocycles. The number of benzene rings is 2. The summed E-state index contributed by atoms with van der Waals surface area (Å²) < 4.78 is 5.82. The van der Waals surface area contributed by atoms with Crippen LogP contribution in [0.15, 0.2) is 59.0 Å². The lowest BCUT2D eigenvalue weighted by Crippen LogP contribution is -2.18. The third-order valence-electron chi connectivity index (χ3n) is 2.84. The molecule has 1 heterocycles. The number of hydrogen-bond donors (Lipinski definition) is 2. The predicted octanol–water partition coefficient (Wildman–Crippen LogP) is 3.76. The topological polar surface area (TPSA) is 51.2 Å². The minimum Gasteiger partial charge on any atom is -0.456 e. The molecule has 0 saturated heterocycles. The summed E-state index contributed by atoms with van der Waals surface area (Å²) in [6.07, 6.45) is 0. The molecule has 1 aromatic heterocycles. The number of fused-ring (bicyclic) bond motifs is 1. The van der Waals surface area contributed by atoms with E-state index in [9.17, 15) is 0 Å². The minimum atomic E-state index is 0.256. The Hall–Kier alpha value is -2.33. The molecule has 0 radical (unpaired) electrons. The van der Waals surface area contributed by atoms with Gasteiger partial charge in [0.2, 0.25) is 0 Å². The second kappa shape index (κ2) is 4.74. The maximum atomic E-state index is 5.82. The Bertz CT molecular complexity index is 734. The van der Waals surface area contributed by atoms with Gasteiger partial charge in [-0.1, -0.05) is 30.3 Å². The van der Waals surface area contributed by atoms with Crippen LogP contribution in [-0.2, 0) is 0 Å². The molecule has 4 heteroatoms. The number of anilines is 1. The van der Waals surface area contributed by atoms with Gasteiger partial charge in [-0.15, -0.1) is 0 Å². The van der Waals surface area contributed by atoms with Gasteiger partial charge in [0.15, 0.2) is 5.11 Å². The zero-order valence-corrected chi connectivity index (χ0v) is 10.9. The molecule has 0 unspecified atom stereocenters. The Labute approximate surface area is 116 Å². The van der Waals surface area contributed by atoms with E-state index in [0.717, 1.165) is 28.0 Å². The fourth-order valence-corrected chi connectivity index (χ4v) is 2.13. The largest absolute Gasteiger partial charge is 0.456 e. The molecule has 3 N–H and O–H groups in total. The Kier molecular flexibility index (Phi) is 2.93. The monoisotopic (exact) mass is 268 g/mol. The second-order valence-electron chi connectivity index (χ2n) is 4.22. The molecule has 0 fully saturated rings.